The molecule has 0 aromatic rings. The number of alkyl halides is 3. The van der Waals surface area contributed by atoms with Crippen LogP contribution in [0.5, 0.6) is 0 Å². The van der Waals surface area contributed by atoms with Crippen molar-refractivity contribution in [2.45, 2.75) is 26.1 Å². The summed E-state index contributed by atoms with van der Waals surface area (Å²) in [5.74, 6) is -2.64. The molecule has 0 spiro atoms. The highest BCUT2D eigenvalue weighted by Crippen LogP contribution is 2.19. The number of esters is 1. The number of rotatable bonds is 3. The maximum absolute atomic E-state index is 12.2. The maximum atomic E-state index is 12.2. The minimum absolute atomic E-state index is 0. The van der Waals surface area contributed by atoms with Gasteiger partial charge in [0.2, 0.25) is 0 Å². The lowest BCUT2D eigenvalue weighted by atomic mass is 10.1. The van der Waals surface area contributed by atoms with Crippen LogP contribution >= 0.6 is 0 Å². The van der Waals surface area contributed by atoms with Crippen LogP contribution < -0.4 is 0 Å². The highest BCUT2D eigenvalue weighted by Gasteiger charge is 2.42. The molecular weight excluding hydrogens is 341 g/mol. The Balaban J connectivity index is -0.0000000298. The van der Waals surface area contributed by atoms with E-state index in [0.717, 1.165) is 6.08 Å². The van der Waals surface area contributed by atoms with E-state index < -0.39 is 18.2 Å². The summed E-state index contributed by atoms with van der Waals surface area (Å²) in [5, 5.41) is 0. The van der Waals surface area contributed by atoms with E-state index in [4.69, 9.17) is 0 Å². The minimum atomic E-state index is -5.05. The largest absolute Gasteiger partial charge is 0.490 e. The van der Waals surface area contributed by atoms with E-state index >= 15 is 0 Å². The Hall–Kier alpha value is -3.86. The summed E-state index contributed by atoms with van der Waals surface area (Å²) < 4.78 is 40.9. The first-order chi connectivity index (χ1) is 12.3. The van der Waals surface area contributed by atoms with Crippen molar-refractivity contribution < 1.29 is 44.1 Å². The van der Waals surface area contributed by atoms with E-state index in [9.17, 15) is 18.0 Å². The Bertz CT molecular complexity index is 1060. The highest BCUT2D eigenvalue weighted by molar-refractivity contribution is 5.75. The van der Waals surface area contributed by atoms with E-state index in [0.29, 0.717) is 0 Å². The summed E-state index contributed by atoms with van der Waals surface area (Å²) in [5.41, 5.74) is 31.1. The van der Waals surface area contributed by atoms with Crippen molar-refractivity contribution >= 4 is 5.97 Å². The van der Waals surface area contributed by atoms with Gasteiger partial charge in [0.25, 0.3) is 0 Å². The fourth-order valence-electron chi connectivity index (χ4n) is 1.04. The van der Waals surface area contributed by atoms with Gasteiger partial charge in [0.15, 0.2) is 0 Å². The van der Waals surface area contributed by atoms with Crippen molar-refractivity contribution in [3.8, 4) is 0 Å². The molecule has 0 bridgehead atoms. The Labute approximate surface area is 170 Å². The van der Waals surface area contributed by atoms with Gasteiger partial charge < -0.3 is 4.74 Å². The van der Waals surface area contributed by atoms with Crippen LogP contribution in [-0.2, 0) is 9.53 Å². The molecule has 2 nitrogen and oxygen atoms in total. The summed E-state index contributed by atoms with van der Waals surface area (Å²) in [6, 6.07) is 0. The Morgan fingerprint density at radius 3 is 1.73 bits per heavy atom. The van der Waals surface area contributed by atoms with Crippen molar-refractivity contribution in [2.24, 2.45) is 5.92 Å². The van der Waals surface area contributed by atoms with E-state index in [1.54, 1.807) is 13.8 Å². The van der Waals surface area contributed by atoms with Gasteiger partial charge in [0.05, 0.1) is 0 Å². The second-order valence-corrected chi connectivity index (χ2v) is 4.47. The summed E-state index contributed by atoms with van der Waals surface area (Å²) in [7, 11) is 0. The smallest absolute Gasteiger partial charge is 0.451 e. The first-order valence-electron chi connectivity index (χ1n) is 6.92. The van der Waals surface area contributed by atoms with Crippen LogP contribution in [-0.4, -0.2) is 18.2 Å². The molecule has 0 radical (unpaired) electrons. The predicted molar refractivity (Wildman–Crippen MR) is 118 cm³/mol. The zero-order chi connectivity index (χ0) is 19.8. The van der Waals surface area contributed by atoms with Crippen LogP contribution in [0.25, 0.3) is 0 Å². The summed E-state index contributed by atoms with van der Waals surface area (Å²) >= 11 is 0. The molecule has 26 heavy (non-hydrogen) atoms. The summed E-state index contributed by atoms with van der Waals surface area (Å²) in [6.07, 6.45) is -5.02. The Kier molecular flexibility index (Phi) is 10.7. The number of hydrogen-bond donors (Lipinski definition) is 0. The third kappa shape index (κ3) is 11.7. The van der Waals surface area contributed by atoms with E-state index in [-0.39, 0.29) is 27.3 Å². The van der Waals surface area contributed by atoms with Gasteiger partial charge in [-0.15, -0.1) is 0 Å². The van der Waals surface area contributed by atoms with Gasteiger partial charge in [-0.1, -0.05) is 25.3 Å². The lowest BCUT2D eigenvalue weighted by molar-refractivity contribution is -0.204. The van der Waals surface area contributed by atoms with Crippen LogP contribution in [0.3, 0.4) is 0 Å². The molecule has 0 aliphatic heterocycles. The van der Waals surface area contributed by atoms with Gasteiger partial charge in [-0.05, 0) is 75.5 Å². The van der Waals surface area contributed by atoms with Gasteiger partial charge >= 0.3 is 12.1 Å². The number of halogens is 3. The fourth-order valence-corrected chi connectivity index (χ4v) is 1.04. The molecule has 0 rings (SSSR count). The second kappa shape index (κ2) is 12.5. The Morgan fingerprint density at radius 2 is 1.35 bits per heavy atom. The first kappa shape index (κ1) is 22.1. The maximum Gasteiger partial charge on any atom is 0.490 e. The molecule has 5 heteroatoms. The van der Waals surface area contributed by atoms with Gasteiger partial charge in [-0.2, -0.15) is 13.2 Å². The molecule has 0 aromatic carbocycles. The lowest BCUT2D eigenvalue weighted by Crippen LogP contribution is -2.31. The van der Waals surface area contributed by atoms with Gasteiger partial charge in [-0.3, -0.25) is 0 Å². The molecule has 0 saturated carbocycles. The predicted octanol–water partition coefficient (Wildman–Crippen LogP) is 8.01. The third-order valence-electron chi connectivity index (χ3n) is 2.16. The monoisotopic (exact) mass is 382 g/mol. The van der Waals surface area contributed by atoms with Crippen molar-refractivity contribution in [3.05, 3.63) is 87.2 Å². The molecule has 0 saturated heterocycles. The normalized spacial score (nSPS) is 9.00. The molecule has 0 aliphatic carbocycles. The number of carbonyl (C=O) groups is 1. The average Bonchev–Trinajstić information content (AvgIpc) is 2.56. The zero-order valence-electron chi connectivity index (χ0n) is 13.9. The van der Waals surface area contributed by atoms with Crippen molar-refractivity contribution in [1.29, 1.82) is 0 Å². The molecule has 0 N–H and O–H groups in total. The van der Waals surface area contributed by atoms with Crippen LogP contribution in [0, 0.1) is 5.92 Å². The van der Waals surface area contributed by atoms with Crippen LogP contribution in [0.1, 0.15) is 35.2 Å². The molecular formula is C21H41F3O2. The molecule has 0 aliphatic rings. The van der Waals surface area contributed by atoms with Crippen LogP contribution in [0.2, 0.25) is 0 Å². The zero-order valence-corrected chi connectivity index (χ0v) is 13.9. The van der Waals surface area contributed by atoms with Crippen LogP contribution in [0.4, 0.5) is 13.2 Å². The molecule has 0 amide bonds. The molecule has 0 unspecified atom stereocenters. The fraction of sp³-hybridized carbons (Fsp3) is 0.238. The Morgan fingerprint density at radius 1 is 0.923 bits per heavy atom. The third-order valence-corrected chi connectivity index (χ3v) is 2.16. The van der Waals surface area contributed by atoms with Crippen LogP contribution in [0.15, 0.2) is 87.2 Å². The highest BCUT2D eigenvalue weighted by atomic mass is 19.4. The molecule has 0 heterocycles. The standard InChI is InChI=1S/C21H11F3O2.15H2/c1-4-5-6-7-8-9-10-11-12-13-14-15-16-17-19(18(2)3)26-20(25)21(22,23)24;;;;;;;;;;;;;;;/h17-19H,1H2,2-3H3;15*1H/t19-;;;;;;;;;;;;;;;/m0.............../s1. The minimum Gasteiger partial charge on any atom is -0.451 e. The number of hydrogen-bond acceptors (Lipinski definition) is 2. The van der Waals surface area contributed by atoms with Gasteiger partial charge in [-0.25, -0.2) is 4.79 Å². The van der Waals surface area contributed by atoms with Crippen molar-refractivity contribution in [3.63, 3.8) is 0 Å². The number of ether oxygens (including phenoxy) is 1. The summed E-state index contributed by atoms with van der Waals surface area (Å²) in [4.78, 5) is 10.8. The summed E-state index contributed by atoms with van der Waals surface area (Å²) in [6.45, 7) is 6.45. The van der Waals surface area contributed by atoms with E-state index in [2.05, 4.69) is 85.8 Å². The SMILES string of the molecule is C=C=C=C=C=C=C=C=C=C=C=C=C=C=C[C@H](OC(=O)C(F)(F)F)C(C)C.[HH].[HH].[HH].[HH].[HH].[HH].[HH].[HH].[HH].[HH].[HH].[HH].[HH].[HH].[HH]. The van der Waals surface area contributed by atoms with E-state index in [1.807, 2.05) is 0 Å². The second-order valence-electron chi connectivity index (χ2n) is 4.47. The molecule has 0 fully saturated rings. The molecule has 158 valence electrons. The van der Waals surface area contributed by atoms with Crippen molar-refractivity contribution in [2.75, 3.05) is 0 Å². The van der Waals surface area contributed by atoms with Gasteiger partial charge in [0, 0.05) is 27.5 Å². The molecule has 1 atom stereocenters. The van der Waals surface area contributed by atoms with E-state index in [1.165, 1.54) is 0 Å². The molecule has 0 aromatic heterocycles. The van der Waals surface area contributed by atoms with Gasteiger partial charge in [0.1, 0.15) is 6.10 Å². The lowest BCUT2D eigenvalue weighted by Gasteiger charge is -2.17. The topological polar surface area (TPSA) is 26.3 Å². The average molecular weight is 383 g/mol. The first-order valence-corrected chi connectivity index (χ1v) is 6.92. The number of carbonyl (C=O) groups excluding carboxylic acids is 1. The quantitative estimate of drug-likeness (QED) is 0.365. The van der Waals surface area contributed by atoms with Crippen molar-refractivity contribution in [1.82, 2.24) is 0 Å².